The Bertz CT molecular complexity index is 350. The van der Waals surface area contributed by atoms with Crippen LogP contribution in [0.1, 0.15) is 25.3 Å². The van der Waals surface area contributed by atoms with Crippen LogP contribution >= 0.6 is 11.3 Å². The Kier molecular flexibility index (Phi) is 4.57. The third kappa shape index (κ3) is 3.82. The molecule has 1 aliphatic heterocycles. The van der Waals surface area contributed by atoms with Gasteiger partial charge in [0, 0.05) is 18.5 Å². The summed E-state index contributed by atoms with van der Waals surface area (Å²) in [5.74, 6) is 0.433. The quantitative estimate of drug-likeness (QED) is 0.858. The zero-order valence-corrected chi connectivity index (χ0v) is 11.1. The van der Waals surface area contributed by atoms with Crippen molar-refractivity contribution < 1.29 is 4.79 Å². The Morgan fingerprint density at radius 3 is 3.24 bits per heavy atom. The van der Waals surface area contributed by atoms with E-state index in [1.54, 1.807) is 11.3 Å². The number of piperidine rings is 1. The molecule has 3 nitrogen and oxygen atoms in total. The molecule has 0 radical (unpaired) electrons. The molecule has 0 bridgehead atoms. The molecule has 0 aromatic carbocycles. The van der Waals surface area contributed by atoms with E-state index < -0.39 is 0 Å². The number of hydrogen-bond donors (Lipinski definition) is 2. The van der Waals surface area contributed by atoms with Crippen LogP contribution in [0.5, 0.6) is 0 Å². The summed E-state index contributed by atoms with van der Waals surface area (Å²) in [5.41, 5.74) is 1.31. The molecule has 2 N–H and O–H groups in total. The smallest absolute Gasteiger partial charge is 0.223 e. The molecule has 2 atom stereocenters. The van der Waals surface area contributed by atoms with E-state index in [9.17, 15) is 4.79 Å². The first-order valence-corrected chi connectivity index (χ1v) is 7.22. The lowest BCUT2D eigenvalue weighted by atomic mass is 9.92. The van der Waals surface area contributed by atoms with Crippen molar-refractivity contribution >= 4 is 17.2 Å². The Labute approximate surface area is 107 Å². The van der Waals surface area contributed by atoms with Crippen LogP contribution in [0.4, 0.5) is 0 Å². The van der Waals surface area contributed by atoms with Crippen molar-refractivity contribution in [1.29, 1.82) is 0 Å². The molecular formula is C13H20N2OS. The van der Waals surface area contributed by atoms with Gasteiger partial charge < -0.3 is 10.6 Å². The highest BCUT2D eigenvalue weighted by Gasteiger charge is 2.24. The second kappa shape index (κ2) is 6.17. The van der Waals surface area contributed by atoms with Gasteiger partial charge in [0.1, 0.15) is 0 Å². The summed E-state index contributed by atoms with van der Waals surface area (Å²) in [5, 5.41) is 10.6. The maximum Gasteiger partial charge on any atom is 0.223 e. The van der Waals surface area contributed by atoms with Gasteiger partial charge in [-0.25, -0.2) is 0 Å². The van der Waals surface area contributed by atoms with Crippen LogP contribution in [0.2, 0.25) is 0 Å². The fourth-order valence-electron chi connectivity index (χ4n) is 2.28. The molecular weight excluding hydrogens is 232 g/mol. The number of carbonyl (C=O) groups excluding carboxylic acids is 1. The minimum atomic E-state index is 0.203. The summed E-state index contributed by atoms with van der Waals surface area (Å²) in [7, 11) is 0. The predicted octanol–water partition coefficient (Wildman–Crippen LogP) is 1.79. The first-order chi connectivity index (χ1) is 8.25. The fraction of sp³-hybridized carbons (Fsp3) is 0.615. The van der Waals surface area contributed by atoms with Gasteiger partial charge in [-0.3, -0.25) is 4.79 Å². The monoisotopic (exact) mass is 252 g/mol. The van der Waals surface area contributed by atoms with Gasteiger partial charge in [0.05, 0.1) is 0 Å². The summed E-state index contributed by atoms with van der Waals surface area (Å²) in [6.07, 6.45) is 2.87. The van der Waals surface area contributed by atoms with Gasteiger partial charge in [-0.05, 0) is 55.1 Å². The standard InChI is InChI=1S/C13H20N2OS/c1-10-8-12(3-6-14-10)13(16)15-5-2-11-4-7-17-9-11/h4,7,9-10,12,14H,2-3,5-6,8H2,1H3,(H,15,16). The van der Waals surface area contributed by atoms with Gasteiger partial charge in [0.25, 0.3) is 0 Å². The second-order valence-electron chi connectivity index (χ2n) is 4.75. The number of amides is 1. The van der Waals surface area contributed by atoms with E-state index in [1.807, 2.05) is 0 Å². The number of nitrogens with one attached hydrogen (secondary N) is 2. The van der Waals surface area contributed by atoms with Crippen molar-refractivity contribution in [3.63, 3.8) is 0 Å². The fourth-order valence-corrected chi connectivity index (χ4v) is 2.98. The van der Waals surface area contributed by atoms with Crippen LogP contribution in [0.3, 0.4) is 0 Å². The highest BCUT2D eigenvalue weighted by Crippen LogP contribution is 2.16. The van der Waals surface area contributed by atoms with Crippen LogP contribution in [0.15, 0.2) is 16.8 Å². The van der Waals surface area contributed by atoms with E-state index in [1.165, 1.54) is 5.56 Å². The molecule has 2 heterocycles. The van der Waals surface area contributed by atoms with Crippen LogP contribution in [0, 0.1) is 5.92 Å². The largest absolute Gasteiger partial charge is 0.356 e. The first kappa shape index (κ1) is 12.6. The second-order valence-corrected chi connectivity index (χ2v) is 5.53. The number of rotatable bonds is 4. The van der Waals surface area contributed by atoms with Gasteiger partial charge in [0.15, 0.2) is 0 Å². The topological polar surface area (TPSA) is 41.1 Å². The molecule has 1 fully saturated rings. The first-order valence-electron chi connectivity index (χ1n) is 6.28. The van der Waals surface area contributed by atoms with E-state index in [4.69, 9.17) is 0 Å². The molecule has 0 spiro atoms. The van der Waals surface area contributed by atoms with Gasteiger partial charge in [0.2, 0.25) is 5.91 Å². The van der Waals surface area contributed by atoms with Crippen molar-refractivity contribution in [1.82, 2.24) is 10.6 Å². The average molecular weight is 252 g/mol. The minimum Gasteiger partial charge on any atom is -0.356 e. The van der Waals surface area contributed by atoms with Gasteiger partial charge in [-0.2, -0.15) is 11.3 Å². The van der Waals surface area contributed by atoms with Gasteiger partial charge >= 0.3 is 0 Å². The average Bonchev–Trinajstić information content (AvgIpc) is 2.82. The van der Waals surface area contributed by atoms with E-state index in [0.717, 1.165) is 32.4 Å². The normalized spacial score (nSPS) is 24.5. The highest BCUT2D eigenvalue weighted by molar-refractivity contribution is 7.07. The Balaban J connectivity index is 1.70. The number of thiophene rings is 1. The molecule has 1 amide bonds. The zero-order valence-electron chi connectivity index (χ0n) is 10.2. The molecule has 0 aliphatic carbocycles. The van der Waals surface area contributed by atoms with E-state index in [0.29, 0.717) is 6.04 Å². The van der Waals surface area contributed by atoms with Crippen molar-refractivity contribution in [2.24, 2.45) is 5.92 Å². The summed E-state index contributed by atoms with van der Waals surface area (Å²) in [6.45, 7) is 3.86. The third-order valence-corrected chi connectivity index (χ3v) is 4.02. The summed E-state index contributed by atoms with van der Waals surface area (Å²) >= 11 is 1.71. The summed E-state index contributed by atoms with van der Waals surface area (Å²) in [4.78, 5) is 11.9. The maximum atomic E-state index is 11.9. The van der Waals surface area contributed by atoms with Gasteiger partial charge in [-0.15, -0.1) is 0 Å². The van der Waals surface area contributed by atoms with Crippen molar-refractivity contribution in [2.75, 3.05) is 13.1 Å². The summed E-state index contributed by atoms with van der Waals surface area (Å²) in [6, 6.07) is 2.58. The molecule has 2 rings (SSSR count). The van der Waals surface area contributed by atoms with Crippen LogP contribution in [-0.4, -0.2) is 25.0 Å². The molecule has 2 unspecified atom stereocenters. The Morgan fingerprint density at radius 2 is 2.53 bits per heavy atom. The highest BCUT2D eigenvalue weighted by atomic mass is 32.1. The zero-order chi connectivity index (χ0) is 12.1. The SMILES string of the molecule is CC1CC(C(=O)NCCc2ccsc2)CCN1. The molecule has 17 heavy (non-hydrogen) atoms. The molecule has 0 saturated carbocycles. The van der Waals surface area contributed by atoms with E-state index in [-0.39, 0.29) is 11.8 Å². The molecule has 94 valence electrons. The third-order valence-electron chi connectivity index (χ3n) is 3.29. The molecule has 1 aromatic heterocycles. The number of carbonyl (C=O) groups is 1. The lowest BCUT2D eigenvalue weighted by Gasteiger charge is -2.27. The molecule has 1 saturated heterocycles. The lowest BCUT2D eigenvalue weighted by molar-refractivity contribution is -0.126. The number of hydrogen-bond acceptors (Lipinski definition) is 3. The van der Waals surface area contributed by atoms with Crippen molar-refractivity contribution in [3.8, 4) is 0 Å². The minimum absolute atomic E-state index is 0.203. The van der Waals surface area contributed by atoms with Crippen molar-refractivity contribution in [2.45, 2.75) is 32.2 Å². The Morgan fingerprint density at radius 1 is 1.65 bits per heavy atom. The maximum absolute atomic E-state index is 11.9. The van der Waals surface area contributed by atoms with Crippen LogP contribution < -0.4 is 10.6 Å². The lowest BCUT2D eigenvalue weighted by Crippen LogP contribution is -2.42. The molecule has 1 aromatic rings. The molecule has 4 heteroatoms. The van der Waals surface area contributed by atoms with Crippen LogP contribution in [0.25, 0.3) is 0 Å². The Hall–Kier alpha value is -0.870. The van der Waals surface area contributed by atoms with Crippen molar-refractivity contribution in [3.05, 3.63) is 22.4 Å². The molecule has 1 aliphatic rings. The van der Waals surface area contributed by atoms with E-state index >= 15 is 0 Å². The van der Waals surface area contributed by atoms with Gasteiger partial charge in [-0.1, -0.05) is 0 Å². The summed E-state index contributed by atoms with van der Waals surface area (Å²) < 4.78 is 0. The van der Waals surface area contributed by atoms with E-state index in [2.05, 4.69) is 34.4 Å². The predicted molar refractivity (Wildman–Crippen MR) is 71.2 cm³/mol. The van der Waals surface area contributed by atoms with Crippen LogP contribution in [-0.2, 0) is 11.2 Å².